The first-order valence-corrected chi connectivity index (χ1v) is 7.58. The number of nitrogens with zero attached hydrogens (tertiary/aromatic N) is 2. The number of aromatic nitrogens is 2. The van der Waals surface area contributed by atoms with Crippen LogP contribution in [0.5, 0.6) is 5.75 Å². The van der Waals surface area contributed by atoms with E-state index in [1.54, 1.807) is 10.9 Å². The normalized spacial score (nSPS) is 20.3. The van der Waals surface area contributed by atoms with E-state index in [4.69, 9.17) is 0 Å². The van der Waals surface area contributed by atoms with Gasteiger partial charge in [-0.2, -0.15) is 13.9 Å². The first kappa shape index (κ1) is 16.4. The molecular formula is C16H18F2N4O2. The standard InChI is InChI=1S/C16H18F2N4O2/c1-22-9-10(6-20-22)13-7-19-8-14(13)15(23)21-11-2-4-12(5-3-11)24-16(17)18/h2-6,9,13-14,16,19H,7-8H2,1H3,(H,21,23)/t13-,14+/m1/s1. The maximum Gasteiger partial charge on any atom is 0.387 e. The van der Waals surface area contributed by atoms with Crippen LogP contribution in [0.4, 0.5) is 14.5 Å². The van der Waals surface area contributed by atoms with Crippen LogP contribution < -0.4 is 15.4 Å². The second-order valence-corrected chi connectivity index (χ2v) is 5.71. The summed E-state index contributed by atoms with van der Waals surface area (Å²) < 4.78 is 30.3. The minimum absolute atomic E-state index is 0.0544. The van der Waals surface area contributed by atoms with E-state index in [1.165, 1.54) is 24.3 Å². The Morgan fingerprint density at radius 2 is 2.12 bits per heavy atom. The number of hydrogen-bond donors (Lipinski definition) is 2. The van der Waals surface area contributed by atoms with Crippen LogP contribution in [0.15, 0.2) is 36.7 Å². The summed E-state index contributed by atoms with van der Waals surface area (Å²) in [5.74, 6) is -0.221. The zero-order chi connectivity index (χ0) is 17.1. The number of anilines is 1. The predicted octanol–water partition coefficient (Wildman–Crippen LogP) is 1.96. The average Bonchev–Trinajstić information content (AvgIpc) is 3.17. The highest BCUT2D eigenvalue weighted by atomic mass is 19.3. The molecule has 0 spiro atoms. The Hall–Kier alpha value is -2.48. The molecule has 1 fully saturated rings. The molecule has 0 unspecified atom stereocenters. The molecule has 8 heteroatoms. The maximum absolute atomic E-state index is 12.5. The Labute approximate surface area is 137 Å². The third-order valence-electron chi connectivity index (χ3n) is 4.05. The second kappa shape index (κ2) is 6.96. The zero-order valence-corrected chi connectivity index (χ0v) is 13.1. The lowest BCUT2D eigenvalue weighted by atomic mass is 9.90. The van der Waals surface area contributed by atoms with Crippen molar-refractivity contribution in [3.05, 3.63) is 42.2 Å². The summed E-state index contributed by atoms with van der Waals surface area (Å²) in [5, 5.41) is 10.2. The topological polar surface area (TPSA) is 68.2 Å². The van der Waals surface area contributed by atoms with E-state index in [0.717, 1.165) is 5.56 Å². The van der Waals surface area contributed by atoms with Crippen LogP contribution in [-0.2, 0) is 11.8 Å². The third kappa shape index (κ3) is 3.70. The SMILES string of the molecule is Cn1cc([C@H]2CNC[C@@H]2C(=O)Nc2ccc(OC(F)F)cc2)cn1. The van der Waals surface area contributed by atoms with Gasteiger partial charge in [0, 0.05) is 37.9 Å². The number of carbonyl (C=O) groups excluding carboxylic acids is 1. The summed E-state index contributed by atoms with van der Waals surface area (Å²) in [6, 6.07) is 5.87. The minimum Gasteiger partial charge on any atom is -0.435 e. The van der Waals surface area contributed by atoms with E-state index in [1.807, 2.05) is 13.2 Å². The van der Waals surface area contributed by atoms with Gasteiger partial charge >= 0.3 is 6.61 Å². The van der Waals surface area contributed by atoms with Gasteiger partial charge in [-0.3, -0.25) is 9.48 Å². The van der Waals surface area contributed by atoms with E-state index in [0.29, 0.717) is 18.8 Å². The smallest absolute Gasteiger partial charge is 0.387 e. The highest BCUT2D eigenvalue weighted by Gasteiger charge is 2.34. The Bertz CT molecular complexity index is 702. The van der Waals surface area contributed by atoms with Gasteiger partial charge < -0.3 is 15.4 Å². The molecule has 2 heterocycles. The number of nitrogens with one attached hydrogen (secondary N) is 2. The van der Waals surface area contributed by atoms with Crippen LogP contribution in [0.3, 0.4) is 0 Å². The molecule has 6 nitrogen and oxygen atoms in total. The fourth-order valence-corrected chi connectivity index (χ4v) is 2.89. The first-order valence-electron chi connectivity index (χ1n) is 7.58. The molecule has 1 aromatic carbocycles. The molecule has 1 aliphatic rings. The van der Waals surface area contributed by atoms with Crippen molar-refractivity contribution in [1.29, 1.82) is 0 Å². The summed E-state index contributed by atoms with van der Waals surface area (Å²) in [6.45, 7) is -1.57. The molecule has 1 amide bonds. The number of ether oxygens (including phenoxy) is 1. The quantitative estimate of drug-likeness (QED) is 0.876. The van der Waals surface area contributed by atoms with Gasteiger partial charge in [0.2, 0.25) is 5.91 Å². The summed E-state index contributed by atoms with van der Waals surface area (Å²) >= 11 is 0. The predicted molar refractivity (Wildman–Crippen MR) is 84.0 cm³/mol. The maximum atomic E-state index is 12.5. The van der Waals surface area contributed by atoms with Gasteiger partial charge in [-0.25, -0.2) is 0 Å². The monoisotopic (exact) mass is 336 g/mol. The zero-order valence-electron chi connectivity index (χ0n) is 13.1. The van der Waals surface area contributed by atoms with E-state index in [9.17, 15) is 13.6 Å². The Morgan fingerprint density at radius 3 is 2.75 bits per heavy atom. The van der Waals surface area contributed by atoms with Crippen LogP contribution in [-0.4, -0.2) is 35.4 Å². The van der Waals surface area contributed by atoms with Crippen LogP contribution in [0, 0.1) is 5.92 Å². The van der Waals surface area contributed by atoms with Gasteiger partial charge in [0.1, 0.15) is 5.75 Å². The van der Waals surface area contributed by atoms with Crippen LogP contribution >= 0.6 is 0 Å². The number of alkyl halides is 2. The van der Waals surface area contributed by atoms with E-state index in [2.05, 4.69) is 20.5 Å². The van der Waals surface area contributed by atoms with E-state index < -0.39 is 6.61 Å². The van der Waals surface area contributed by atoms with Gasteiger partial charge in [-0.15, -0.1) is 0 Å². The van der Waals surface area contributed by atoms with Gasteiger partial charge in [-0.1, -0.05) is 0 Å². The van der Waals surface area contributed by atoms with E-state index >= 15 is 0 Å². The number of carbonyl (C=O) groups is 1. The van der Waals surface area contributed by atoms with Crippen molar-refractivity contribution in [3.63, 3.8) is 0 Å². The first-order chi connectivity index (χ1) is 11.5. The summed E-state index contributed by atoms with van der Waals surface area (Å²) in [5.41, 5.74) is 1.56. The van der Waals surface area contributed by atoms with Crippen molar-refractivity contribution in [3.8, 4) is 5.75 Å². The molecule has 128 valence electrons. The van der Waals surface area contributed by atoms with Crippen molar-refractivity contribution in [2.45, 2.75) is 12.5 Å². The fraction of sp³-hybridized carbons (Fsp3) is 0.375. The number of hydrogen-bond acceptors (Lipinski definition) is 4. The molecule has 2 aromatic rings. The molecule has 3 rings (SSSR count). The lowest BCUT2D eigenvalue weighted by molar-refractivity contribution is -0.119. The Kier molecular flexibility index (Phi) is 4.75. The largest absolute Gasteiger partial charge is 0.435 e. The lowest BCUT2D eigenvalue weighted by Crippen LogP contribution is -2.28. The lowest BCUT2D eigenvalue weighted by Gasteiger charge is -2.17. The highest BCUT2D eigenvalue weighted by molar-refractivity contribution is 5.93. The second-order valence-electron chi connectivity index (χ2n) is 5.71. The molecule has 0 radical (unpaired) electrons. The molecule has 1 saturated heterocycles. The minimum atomic E-state index is -2.87. The number of amides is 1. The average molecular weight is 336 g/mol. The molecule has 1 aromatic heterocycles. The highest BCUT2D eigenvalue weighted by Crippen LogP contribution is 2.29. The Balaban J connectivity index is 1.65. The molecule has 1 aliphatic heterocycles. The van der Waals surface area contributed by atoms with Crippen molar-refractivity contribution in [2.75, 3.05) is 18.4 Å². The van der Waals surface area contributed by atoms with Gasteiger partial charge in [-0.05, 0) is 29.8 Å². The summed E-state index contributed by atoms with van der Waals surface area (Å²) in [7, 11) is 1.84. The molecule has 0 bridgehead atoms. The van der Waals surface area contributed by atoms with Crippen molar-refractivity contribution >= 4 is 11.6 Å². The number of halogens is 2. The van der Waals surface area contributed by atoms with Gasteiger partial charge in [0.05, 0.1) is 12.1 Å². The Morgan fingerprint density at radius 1 is 1.38 bits per heavy atom. The molecular weight excluding hydrogens is 318 g/mol. The van der Waals surface area contributed by atoms with Crippen LogP contribution in [0.2, 0.25) is 0 Å². The molecule has 2 atom stereocenters. The molecule has 0 saturated carbocycles. The van der Waals surface area contributed by atoms with Crippen LogP contribution in [0.1, 0.15) is 11.5 Å². The summed E-state index contributed by atoms with van der Waals surface area (Å²) in [6.07, 6.45) is 3.68. The van der Waals surface area contributed by atoms with Crippen molar-refractivity contribution in [1.82, 2.24) is 15.1 Å². The number of benzene rings is 1. The fourth-order valence-electron chi connectivity index (χ4n) is 2.89. The molecule has 2 N–H and O–H groups in total. The van der Waals surface area contributed by atoms with Crippen molar-refractivity contribution in [2.24, 2.45) is 13.0 Å². The number of aryl methyl sites for hydroxylation is 1. The van der Waals surface area contributed by atoms with E-state index in [-0.39, 0.29) is 23.5 Å². The third-order valence-corrected chi connectivity index (χ3v) is 4.05. The molecule has 0 aliphatic carbocycles. The van der Waals surface area contributed by atoms with Crippen LogP contribution in [0.25, 0.3) is 0 Å². The molecule has 24 heavy (non-hydrogen) atoms. The van der Waals surface area contributed by atoms with Gasteiger partial charge in [0.15, 0.2) is 0 Å². The van der Waals surface area contributed by atoms with Gasteiger partial charge in [0.25, 0.3) is 0 Å². The summed E-state index contributed by atoms with van der Waals surface area (Å²) in [4.78, 5) is 12.5. The van der Waals surface area contributed by atoms with Crippen molar-refractivity contribution < 1.29 is 18.3 Å². The number of rotatable bonds is 5.